The van der Waals surface area contributed by atoms with Crippen molar-refractivity contribution in [3.8, 4) is 11.5 Å². The number of fused-ring (bicyclic) bond motifs is 1. The van der Waals surface area contributed by atoms with Crippen LogP contribution in [0.1, 0.15) is 16.7 Å². The molecule has 1 heterocycles. The number of nitrogens with one attached hydrogen (secondary N) is 1. The van der Waals surface area contributed by atoms with Gasteiger partial charge in [0.25, 0.3) is 5.91 Å². The number of methoxy groups -OCH3 is 2. The average molecular weight is 349 g/mol. The quantitative estimate of drug-likeness (QED) is 0.844. The van der Waals surface area contributed by atoms with E-state index in [9.17, 15) is 18.0 Å². The third kappa shape index (κ3) is 3.17. The lowest BCUT2D eigenvalue weighted by atomic mass is 10.0. The molecule has 0 atom stereocenters. The highest BCUT2D eigenvalue weighted by molar-refractivity contribution is 6.35. The monoisotopic (exact) mass is 349 g/mol. The number of halogens is 3. The maximum Gasteiger partial charge on any atom is 0.416 e. The highest BCUT2D eigenvalue weighted by atomic mass is 19.4. The maximum absolute atomic E-state index is 12.8. The van der Waals surface area contributed by atoms with E-state index in [1.807, 2.05) is 0 Å². The molecule has 0 fully saturated rings. The molecular formula is C18H14F3NO3. The third-order valence-corrected chi connectivity index (χ3v) is 3.83. The molecule has 0 unspecified atom stereocenters. The Hall–Kier alpha value is -2.96. The Morgan fingerprint density at radius 3 is 2.36 bits per heavy atom. The lowest BCUT2D eigenvalue weighted by Gasteiger charge is -2.10. The van der Waals surface area contributed by atoms with Gasteiger partial charge in [0.05, 0.1) is 25.5 Å². The predicted molar refractivity (Wildman–Crippen MR) is 87.5 cm³/mol. The number of rotatable bonds is 3. The smallest absolute Gasteiger partial charge is 0.416 e. The zero-order chi connectivity index (χ0) is 18.2. The van der Waals surface area contributed by atoms with E-state index >= 15 is 0 Å². The second kappa shape index (κ2) is 6.16. The number of amides is 1. The summed E-state index contributed by atoms with van der Waals surface area (Å²) in [6.07, 6.45) is -3.02. The number of hydrogen-bond acceptors (Lipinski definition) is 3. The van der Waals surface area contributed by atoms with Gasteiger partial charge in [-0.3, -0.25) is 4.79 Å². The molecule has 7 heteroatoms. The number of alkyl halides is 3. The normalized spacial score (nSPS) is 15.1. The molecule has 0 saturated carbocycles. The van der Waals surface area contributed by atoms with Crippen molar-refractivity contribution >= 4 is 23.2 Å². The zero-order valence-corrected chi connectivity index (χ0v) is 13.4. The van der Waals surface area contributed by atoms with Gasteiger partial charge in [0.1, 0.15) is 0 Å². The van der Waals surface area contributed by atoms with Crippen LogP contribution in [-0.2, 0) is 11.0 Å². The number of anilines is 1. The molecule has 1 aliphatic rings. The highest BCUT2D eigenvalue weighted by Gasteiger charge is 2.31. The second-order valence-electron chi connectivity index (χ2n) is 5.39. The van der Waals surface area contributed by atoms with Crippen LogP contribution in [-0.4, -0.2) is 20.1 Å². The van der Waals surface area contributed by atoms with Crippen LogP contribution in [0.5, 0.6) is 11.5 Å². The molecule has 0 saturated heterocycles. The van der Waals surface area contributed by atoms with Crippen molar-refractivity contribution in [1.29, 1.82) is 0 Å². The van der Waals surface area contributed by atoms with Gasteiger partial charge in [-0.05, 0) is 29.8 Å². The molecule has 0 radical (unpaired) electrons. The molecule has 1 aliphatic heterocycles. The van der Waals surface area contributed by atoms with Crippen LogP contribution in [0.25, 0.3) is 11.6 Å². The van der Waals surface area contributed by atoms with Crippen LogP contribution in [0.15, 0.2) is 36.4 Å². The first-order valence-corrected chi connectivity index (χ1v) is 7.30. The Morgan fingerprint density at radius 1 is 1.04 bits per heavy atom. The summed E-state index contributed by atoms with van der Waals surface area (Å²) in [6, 6.07) is 8.02. The topological polar surface area (TPSA) is 47.6 Å². The van der Waals surface area contributed by atoms with Crippen molar-refractivity contribution in [3.05, 3.63) is 53.1 Å². The van der Waals surface area contributed by atoms with Gasteiger partial charge < -0.3 is 14.8 Å². The molecule has 1 amide bonds. The average Bonchev–Trinajstić information content (AvgIpc) is 2.88. The number of benzene rings is 2. The summed E-state index contributed by atoms with van der Waals surface area (Å²) in [4.78, 5) is 12.2. The lowest BCUT2D eigenvalue weighted by Crippen LogP contribution is -2.05. The Bertz CT molecular complexity index is 872. The summed E-state index contributed by atoms with van der Waals surface area (Å²) in [5.74, 6) is 0.470. The van der Waals surface area contributed by atoms with Gasteiger partial charge >= 0.3 is 6.18 Å². The van der Waals surface area contributed by atoms with Crippen molar-refractivity contribution in [2.45, 2.75) is 6.18 Å². The van der Waals surface area contributed by atoms with E-state index < -0.39 is 17.6 Å². The first-order valence-electron chi connectivity index (χ1n) is 7.30. The predicted octanol–water partition coefficient (Wildman–Crippen LogP) is 4.22. The minimum absolute atomic E-state index is 0.260. The first kappa shape index (κ1) is 16.9. The van der Waals surface area contributed by atoms with Crippen LogP contribution in [0.2, 0.25) is 0 Å². The van der Waals surface area contributed by atoms with Gasteiger partial charge in [-0.2, -0.15) is 13.2 Å². The van der Waals surface area contributed by atoms with E-state index in [2.05, 4.69) is 5.32 Å². The van der Waals surface area contributed by atoms with Gasteiger partial charge in [-0.1, -0.05) is 12.1 Å². The van der Waals surface area contributed by atoms with Crippen LogP contribution >= 0.6 is 0 Å². The van der Waals surface area contributed by atoms with E-state index in [0.717, 1.165) is 12.1 Å². The third-order valence-electron chi connectivity index (χ3n) is 3.83. The van der Waals surface area contributed by atoms with Crippen molar-refractivity contribution in [3.63, 3.8) is 0 Å². The molecule has 25 heavy (non-hydrogen) atoms. The zero-order valence-electron chi connectivity index (χ0n) is 13.4. The standard InChI is InChI=1S/C18H14F3NO3/c1-24-15-8-12-13(17(23)22-14(12)9-16(15)25-2)7-10-4-3-5-11(6-10)18(19,20)21/h3-9H,1-2H3,(H,22,23)/b13-7+. The van der Waals surface area contributed by atoms with E-state index in [0.29, 0.717) is 22.7 Å². The molecule has 0 aliphatic carbocycles. The maximum atomic E-state index is 12.8. The SMILES string of the molecule is COc1cc2c(cc1OC)/C(=C\c1cccc(C(F)(F)F)c1)C(=O)N2. The Kier molecular flexibility index (Phi) is 4.16. The molecule has 3 rings (SSSR count). The van der Waals surface area contributed by atoms with Gasteiger partial charge in [0.2, 0.25) is 0 Å². The molecule has 0 aromatic heterocycles. The fourth-order valence-corrected chi connectivity index (χ4v) is 2.63. The Morgan fingerprint density at radius 2 is 1.72 bits per heavy atom. The number of hydrogen-bond donors (Lipinski definition) is 1. The lowest BCUT2D eigenvalue weighted by molar-refractivity contribution is -0.137. The molecule has 2 aromatic rings. The van der Waals surface area contributed by atoms with Crippen LogP contribution in [0.3, 0.4) is 0 Å². The molecule has 2 aromatic carbocycles. The van der Waals surface area contributed by atoms with Crippen molar-refractivity contribution in [1.82, 2.24) is 0 Å². The van der Waals surface area contributed by atoms with Crippen molar-refractivity contribution < 1.29 is 27.4 Å². The van der Waals surface area contributed by atoms with Crippen LogP contribution in [0, 0.1) is 0 Å². The summed E-state index contributed by atoms with van der Waals surface area (Å²) in [6.45, 7) is 0. The molecule has 0 bridgehead atoms. The fourth-order valence-electron chi connectivity index (χ4n) is 2.63. The minimum atomic E-state index is -4.44. The summed E-state index contributed by atoms with van der Waals surface area (Å²) in [7, 11) is 2.94. The molecule has 1 N–H and O–H groups in total. The second-order valence-corrected chi connectivity index (χ2v) is 5.39. The summed E-state index contributed by atoms with van der Waals surface area (Å²) in [5.41, 5.74) is 0.826. The van der Waals surface area contributed by atoms with E-state index in [1.54, 1.807) is 12.1 Å². The molecule has 130 valence electrons. The van der Waals surface area contributed by atoms with Gasteiger partial charge in [0.15, 0.2) is 11.5 Å². The van der Waals surface area contributed by atoms with Crippen LogP contribution < -0.4 is 14.8 Å². The Balaban J connectivity index is 2.08. The number of carbonyl (C=O) groups excluding carboxylic acids is 1. The van der Waals surface area contributed by atoms with E-state index in [4.69, 9.17) is 9.47 Å². The van der Waals surface area contributed by atoms with E-state index in [-0.39, 0.29) is 11.1 Å². The number of ether oxygens (including phenoxy) is 2. The van der Waals surface area contributed by atoms with E-state index in [1.165, 1.54) is 32.4 Å². The largest absolute Gasteiger partial charge is 0.493 e. The molecular weight excluding hydrogens is 335 g/mol. The van der Waals surface area contributed by atoms with Gasteiger partial charge in [0, 0.05) is 17.2 Å². The Labute approximate surface area is 141 Å². The summed E-state index contributed by atoms with van der Waals surface area (Å²) >= 11 is 0. The number of carbonyl (C=O) groups is 1. The summed E-state index contributed by atoms with van der Waals surface area (Å²) in [5, 5.41) is 2.67. The fraction of sp³-hybridized carbons (Fsp3) is 0.167. The van der Waals surface area contributed by atoms with Crippen molar-refractivity contribution in [2.75, 3.05) is 19.5 Å². The van der Waals surface area contributed by atoms with Crippen molar-refractivity contribution in [2.24, 2.45) is 0 Å². The first-order chi connectivity index (χ1) is 11.8. The minimum Gasteiger partial charge on any atom is -0.493 e. The molecule has 4 nitrogen and oxygen atoms in total. The molecule has 0 spiro atoms. The highest BCUT2D eigenvalue weighted by Crippen LogP contribution is 2.41. The van der Waals surface area contributed by atoms with Gasteiger partial charge in [-0.15, -0.1) is 0 Å². The van der Waals surface area contributed by atoms with Crippen LogP contribution in [0.4, 0.5) is 18.9 Å². The van der Waals surface area contributed by atoms with Gasteiger partial charge in [-0.25, -0.2) is 0 Å². The summed E-state index contributed by atoms with van der Waals surface area (Å²) < 4.78 is 48.9.